The Balaban J connectivity index is 1.87. The SMILES string of the molecule is CCOc1ccc(/C=C2/SC(=S)N(c3ccc(F)cc3)C2=O)cc1Cl. The average Bonchev–Trinajstić information content (AvgIpc) is 2.85. The number of amides is 1. The van der Waals surface area contributed by atoms with Crippen molar-refractivity contribution in [2.75, 3.05) is 11.5 Å². The fraction of sp³-hybridized carbons (Fsp3) is 0.111. The van der Waals surface area contributed by atoms with E-state index >= 15 is 0 Å². The standard InChI is InChI=1S/C18H13ClFNO2S2/c1-2-23-15-8-3-11(9-14(15)19)10-16-17(22)21(18(24)25-16)13-6-4-12(20)5-7-13/h3-10H,2H2,1H3/b16-10+. The topological polar surface area (TPSA) is 29.5 Å². The van der Waals surface area contributed by atoms with Crippen molar-refractivity contribution < 1.29 is 13.9 Å². The zero-order chi connectivity index (χ0) is 18.0. The lowest BCUT2D eigenvalue weighted by Gasteiger charge is -2.14. The Hall–Kier alpha value is -1.89. The summed E-state index contributed by atoms with van der Waals surface area (Å²) >= 11 is 12.7. The molecule has 0 atom stereocenters. The maximum atomic E-state index is 13.1. The van der Waals surface area contributed by atoms with Gasteiger partial charge < -0.3 is 4.74 Å². The molecule has 0 aromatic heterocycles. The zero-order valence-corrected chi connectivity index (χ0v) is 15.6. The lowest BCUT2D eigenvalue weighted by Crippen LogP contribution is -2.27. The van der Waals surface area contributed by atoms with Crippen molar-refractivity contribution in [2.24, 2.45) is 0 Å². The van der Waals surface area contributed by atoms with Gasteiger partial charge in [0.05, 0.1) is 22.2 Å². The number of ether oxygens (including phenoxy) is 1. The first-order chi connectivity index (χ1) is 12.0. The van der Waals surface area contributed by atoms with Gasteiger partial charge in [-0.15, -0.1) is 0 Å². The number of rotatable bonds is 4. The van der Waals surface area contributed by atoms with Crippen LogP contribution in [0.2, 0.25) is 5.02 Å². The predicted molar refractivity (Wildman–Crippen MR) is 105 cm³/mol. The van der Waals surface area contributed by atoms with E-state index in [1.807, 2.05) is 13.0 Å². The molecule has 0 unspecified atom stereocenters. The lowest BCUT2D eigenvalue weighted by molar-refractivity contribution is -0.113. The monoisotopic (exact) mass is 393 g/mol. The van der Waals surface area contributed by atoms with Crippen LogP contribution in [0.5, 0.6) is 5.75 Å². The van der Waals surface area contributed by atoms with E-state index < -0.39 is 0 Å². The molecule has 2 aromatic carbocycles. The van der Waals surface area contributed by atoms with Crippen LogP contribution in [-0.4, -0.2) is 16.8 Å². The second kappa shape index (κ2) is 7.56. The van der Waals surface area contributed by atoms with E-state index in [1.54, 1.807) is 18.2 Å². The summed E-state index contributed by atoms with van der Waals surface area (Å²) in [5.41, 5.74) is 1.31. The van der Waals surface area contributed by atoms with Gasteiger partial charge in [0.15, 0.2) is 4.32 Å². The molecular formula is C18H13ClFNO2S2. The highest BCUT2D eigenvalue weighted by molar-refractivity contribution is 8.27. The minimum atomic E-state index is -0.367. The van der Waals surface area contributed by atoms with Crippen molar-refractivity contribution >= 4 is 57.6 Å². The molecule has 1 amide bonds. The highest BCUT2D eigenvalue weighted by Crippen LogP contribution is 2.36. The fourth-order valence-electron chi connectivity index (χ4n) is 2.31. The summed E-state index contributed by atoms with van der Waals surface area (Å²) in [7, 11) is 0. The highest BCUT2D eigenvalue weighted by atomic mass is 35.5. The van der Waals surface area contributed by atoms with Crippen molar-refractivity contribution in [2.45, 2.75) is 6.92 Å². The van der Waals surface area contributed by atoms with Gasteiger partial charge >= 0.3 is 0 Å². The average molecular weight is 394 g/mol. The maximum Gasteiger partial charge on any atom is 0.270 e. The molecule has 1 saturated heterocycles. The lowest BCUT2D eigenvalue weighted by atomic mass is 10.2. The van der Waals surface area contributed by atoms with Crippen LogP contribution in [0, 0.1) is 5.82 Å². The van der Waals surface area contributed by atoms with Crippen molar-refractivity contribution in [3.63, 3.8) is 0 Å². The molecule has 1 heterocycles. The molecule has 1 fully saturated rings. The maximum absolute atomic E-state index is 13.1. The molecule has 3 rings (SSSR count). The number of carbonyl (C=O) groups excluding carboxylic acids is 1. The molecule has 0 aliphatic carbocycles. The molecule has 0 N–H and O–H groups in total. The summed E-state index contributed by atoms with van der Waals surface area (Å²) < 4.78 is 18.9. The van der Waals surface area contributed by atoms with Crippen LogP contribution in [0.25, 0.3) is 6.08 Å². The van der Waals surface area contributed by atoms with Gasteiger partial charge in [0, 0.05) is 0 Å². The van der Waals surface area contributed by atoms with Gasteiger partial charge in [0.1, 0.15) is 11.6 Å². The van der Waals surface area contributed by atoms with E-state index in [4.69, 9.17) is 28.6 Å². The van der Waals surface area contributed by atoms with Crippen LogP contribution in [0.4, 0.5) is 10.1 Å². The second-order valence-electron chi connectivity index (χ2n) is 5.12. The van der Waals surface area contributed by atoms with Crippen LogP contribution in [0.15, 0.2) is 47.4 Å². The zero-order valence-electron chi connectivity index (χ0n) is 13.2. The van der Waals surface area contributed by atoms with E-state index in [2.05, 4.69) is 0 Å². The van der Waals surface area contributed by atoms with Gasteiger partial charge in [-0.2, -0.15) is 0 Å². The Morgan fingerprint density at radius 3 is 2.64 bits per heavy atom. The number of halogens is 2. The minimum absolute atomic E-state index is 0.244. The second-order valence-corrected chi connectivity index (χ2v) is 7.20. The van der Waals surface area contributed by atoms with E-state index in [1.165, 1.54) is 40.9 Å². The molecule has 7 heteroatoms. The molecule has 2 aromatic rings. The summed E-state index contributed by atoms with van der Waals surface area (Å²) in [6.07, 6.45) is 1.73. The number of thiocarbonyl (C=S) groups is 1. The Labute approximate surface area is 159 Å². The van der Waals surface area contributed by atoms with Gasteiger partial charge in [-0.05, 0) is 55.0 Å². The molecule has 0 bridgehead atoms. The van der Waals surface area contributed by atoms with Gasteiger partial charge in [0.2, 0.25) is 0 Å². The molecule has 128 valence electrons. The van der Waals surface area contributed by atoms with Gasteiger partial charge in [0.25, 0.3) is 5.91 Å². The number of hydrogen-bond acceptors (Lipinski definition) is 4. The number of thioether (sulfide) groups is 1. The predicted octanol–water partition coefficient (Wildman–Crippen LogP) is 5.28. The molecule has 3 nitrogen and oxygen atoms in total. The van der Waals surface area contributed by atoms with Gasteiger partial charge in [-0.25, -0.2) is 4.39 Å². The van der Waals surface area contributed by atoms with Crippen molar-refractivity contribution in [1.82, 2.24) is 0 Å². The molecule has 0 radical (unpaired) electrons. The molecule has 1 aliphatic heterocycles. The van der Waals surface area contributed by atoms with Crippen molar-refractivity contribution in [1.29, 1.82) is 0 Å². The van der Waals surface area contributed by atoms with E-state index in [9.17, 15) is 9.18 Å². The number of nitrogens with zero attached hydrogens (tertiary/aromatic N) is 1. The summed E-state index contributed by atoms with van der Waals surface area (Å²) in [6.45, 7) is 2.40. The van der Waals surface area contributed by atoms with Crippen LogP contribution in [-0.2, 0) is 4.79 Å². The first-order valence-corrected chi connectivity index (χ1v) is 9.05. The summed E-state index contributed by atoms with van der Waals surface area (Å²) in [6, 6.07) is 11.0. The molecule has 0 saturated carbocycles. The Bertz CT molecular complexity index is 868. The summed E-state index contributed by atoms with van der Waals surface area (Å²) in [4.78, 5) is 14.5. The third-order valence-corrected chi connectivity index (χ3v) is 5.03. The largest absolute Gasteiger partial charge is 0.492 e. The third-order valence-electron chi connectivity index (χ3n) is 3.43. The van der Waals surface area contributed by atoms with Crippen LogP contribution < -0.4 is 9.64 Å². The van der Waals surface area contributed by atoms with E-state index in [0.717, 1.165) is 5.56 Å². The Morgan fingerprint density at radius 2 is 2.00 bits per heavy atom. The quantitative estimate of drug-likeness (QED) is 0.522. The van der Waals surface area contributed by atoms with Crippen molar-refractivity contribution in [3.05, 3.63) is 63.8 Å². The highest BCUT2D eigenvalue weighted by Gasteiger charge is 2.33. The Kier molecular flexibility index (Phi) is 5.42. The molecule has 1 aliphatic rings. The van der Waals surface area contributed by atoms with E-state index in [-0.39, 0.29) is 11.7 Å². The van der Waals surface area contributed by atoms with Gasteiger partial charge in [-0.3, -0.25) is 9.69 Å². The fourth-order valence-corrected chi connectivity index (χ4v) is 3.85. The molecule has 0 spiro atoms. The number of hydrogen-bond donors (Lipinski definition) is 0. The minimum Gasteiger partial charge on any atom is -0.492 e. The van der Waals surface area contributed by atoms with Crippen molar-refractivity contribution in [3.8, 4) is 5.75 Å². The van der Waals surface area contributed by atoms with Crippen LogP contribution in [0.1, 0.15) is 12.5 Å². The Morgan fingerprint density at radius 1 is 1.28 bits per heavy atom. The summed E-state index contributed by atoms with van der Waals surface area (Å²) in [5.74, 6) is -0.0134. The third kappa shape index (κ3) is 3.86. The first kappa shape index (κ1) is 17.9. The summed E-state index contributed by atoms with van der Waals surface area (Å²) in [5, 5.41) is 0.476. The smallest absolute Gasteiger partial charge is 0.270 e. The number of anilines is 1. The first-order valence-electron chi connectivity index (χ1n) is 7.45. The number of benzene rings is 2. The van der Waals surface area contributed by atoms with E-state index in [0.29, 0.717) is 32.3 Å². The van der Waals surface area contributed by atoms with Crippen LogP contribution in [0.3, 0.4) is 0 Å². The molecular weight excluding hydrogens is 381 g/mol. The van der Waals surface area contributed by atoms with Crippen LogP contribution >= 0.6 is 35.6 Å². The molecule has 25 heavy (non-hydrogen) atoms. The number of carbonyl (C=O) groups is 1. The van der Waals surface area contributed by atoms with Gasteiger partial charge in [-0.1, -0.05) is 41.6 Å². The normalized spacial score (nSPS) is 16.0.